The molecule has 0 aliphatic rings. The molecule has 0 aliphatic heterocycles. The first kappa shape index (κ1) is 24.3. The number of carbonyl (C=O) groups is 1. The third kappa shape index (κ3) is 5.90. The molecule has 3 aromatic carbocycles. The second-order valence-corrected chi connectivity index (χ2v) is 10.2. The molecule has 0 bridgehead atoms. The van der Waals surface area contributed by atoms with Gasteiger partial charge in [-0.05, 0) is 60.6 Å². The number of hydrogen-bond donors (Lipinski definition) is 0. The SMILES string of the molecule is C=O.CCO[Si](C)(/C=C/c1ccc(-c2nnc(-c3cccc4ccccc34)o2)cc1)OCC. The number of benzene rings is 3. The highest BCUT2D eigenvalue weighted by atomic mass is 28.4. The summed E-state index contributed by atoms with van der Waals surface area (Å²) in [6, 6.07) is 22.3. The third-order valence-corrected chi connectivity index (χ3v) is 7.54. The first-order chi connectivity index (χ1) is 16.1. The summed E-state index contributed by atoms with van der Waals surface area (Å²) in [4.78, 5) is 8.00. The van der Waals surface area contributed by atoms with Crippen molar-refractivity contribution in [2.75, 3.05) is 13.2 Å². The summed E-state index contributed by atoms with van der Waals surface area (Å²) < 4.78 is 17.7. The van der Waals surface area contributed by atoms with Crippen LogP contribution < -0.4 is 0 Å². The highest BCUT2D eigenvalue weighted by Gasteiger charge is 2.26. The Bertz CT molecular complexity index is 1190. The Kier molecular flexibility index (Phi) is 8.43. The lowest BCUT2D eigenvalue weighted by molar-refractivity contribution is -0.0980. The predicted molar refractivity (Wildman–Crippen MR) is 134 cm³/mol. The first-order valence-electron chi connectivity index (χ1n) is 10.8. The highest BCUT2D eigenvalue weighted by molar-refractivity contribution is 6.72. The number of nitrogens with zero attached hydrogens (tertiary/aromatic N) is 2. The van der Waals surface area contributed by atoms with Crippen molar-refractivity contribution in [2.45, 2.75) is 20.4 Å². The maximum absolute atomic E-state index is 8.00. The normalized spacial score (nSPS) is 11.5. The molecule has 0 fully saturated rings. The summed E-state index contributed by atoms with van der Waals surface area (Å²) in [6.07, 6.45) is 2.05. The average Bonchev–Trinajstić information content (AvgIpc) is 3.34. The Balaban J connectivity index is 0.00000149. The zero-order valence-corrected chi connectivity index (χ0v) is 20.2. The molecule has 1 aromatic heterocycles. The van der Waals surface area contributed by atoms with E-state index in [0.717, 1.165) is 27.5 Å². The molecule has 0 N–H and O–H groups in total. The summed E-state index contributed by atoms with van der Waals surface area (Å²) in [5, 5.41) is 10.8. The van der Waals surface area contributed by atoms with Crippen molar-refractivity contribution in [1.82, 2.24) is 10.2 Å². The number of hydrogen-bond acceptors (Lipinski definition) is 6. The van der Waals surface area contributed by atoms with E-state index in [1.54, 1.807) is 0 Å². The summed E-state index contributed by atoms with van der Waals surface area (Å²) in [5.41, 5.74) is 4.95. The Morgan fingerprint density at radius 2 is 1.52 bits per heavy atom. The molecule has 0 saturated carbocycles. The van der Waals surface area contributed by atoms with Gasteiger partial charge < -0.3 is 18.1 Å². The Hall–Kier alpha value is -3.39. The molecule has 0 radical (unpaired) electrons. The molecule has 1 heterocycles. The minimum Gasteiger partial charge on any atom is -0.416 e. The second kappa shape index (κ2) is 11.5. The minimum absolute atomic E-state index is 0.501. The van der Waals surface area contributed by atoms with Crippen LogP contribution in [0, 0.1) is 0 Å². The summed E-state index contributed by atoms with van der Waals surface area (Å²) in [5.74, 6) is 1.02. The van der Waals surface area contributed by atoms with E-state index in [1.165, 1.54) is 0 Å². The molecule has 0 saturated heterocycles. The van der Waals surface area contributed by atoms with E-state index in [-0.39, 0.29) is 0 Å². The van der Waals surface area contributed by atoms with Gasteiger partial charge in [0.05, 0.1) is 0 Å². The van der Waals surface area contributed by atoms with Gasteiger partial charge in [-0.15, -0.1) is 10.2 Å². The molecule has 0 unspecified atom stereocenters. The third-order valence-electron chi connectivity index (χ3n) is 5.04. The maximum atomic E-state index is 8.00. The predicted octanol–water partition coefficient (Wildman–Crippen LogP) is 6.07. The molecular weight excluding hydrogens is 432 g/mol. The number of carbonyl (C=O) groups excluding carboxylic acids is 1. The van der Waals surface area contributed by atoms with Gasteiger partial charge in [-0.25, -0.2) is 0 Å². The molecule has 0 amide bonds. The van der Waals surface area contributed by atoms with Crippen molar-refractivity contribution in [3.8, 4) is 22.9 Å². The average molecular weight is 461 g/mol. The van der Waals surface area contributed by atoms with Crippen molar-refractivity contribution < 1.29 is 18.1 Å². The van der Waals surface area contributed by atoms with Crippen molar-refractivity contribution in [1.29, 1.82) is 0 Å². The molecule has 33 heavy (non-hydrogen) atoms. The van der Waals surface area contributed by atoms with E-state index in [4.69, 9.17) is 18.1 Å². The van der Waals surface area contributed by atoms with Crippen molar-refractivity contribution >= 4 is 32.2 Å². The van der Waals surface area contributed by atoms with Crippen LogP contribution >= 0.6 is 0 Å². The van der Waals surface area contributed by atoms with Crippen LogP contribution in [0.15, 0.2) is 76.8 Å². The zero-order valence-electron chi connectivity index (χ0n) is 19.2. The molecular formula is C26H28N2O4Si. The van der Waals surface area contributed by atoms with E-state index < -0.39 is 8.56 Å². The van der Waals surface area contributed by atoms with Crippen LogP contribution in [0.25, 0.3) is 39.8 Å². The van der Waals surface area contributed by atoms with Crippen LogP contribution in [-0.2, 0) is 13.6 Å². The Morgan fingerprint density at radius 1 is 0.879 bits per heavy atom. The number of fused-ring (bicyclic) bond motifs is 1. The molecule has 0 atom stereocenters. The van der Waals surface area contributed by atoms with Crippen molar-refractivity contribution in [3.63, 3.8) is 0 Å². The van der Waals surface area contributed by atoms with Gasteiger partial charge >= 0.3 is 8.56 Å². The first-order valence-corrected chi connectivity index (χ1v) is 13.2. The van der Waals surface area contributed by atoms with Crippen LogP contribution in [0.2, 0.25) is 6.55 Å². The monoisotopic (exact) mass is 460 g/mol. The Morgan fingerprint density at radius 3 is 2.21 bits per heavy atom. The summed E-state index contributed by atoms with van der Waals surface area (Å²) in [7, 11) is -2.29. The lowest BCUT2D eigenvalue weighted by atomic mass is 10.0. The van der Waals surface area contributed by atoms with Gasteiger partial charge in [0.15, 0.2) is 0 Å². The van der Waals surface area contributed by atoms with Crippen LogP contribution in [0.1, 0.15) is 19.4 Å². The highest BCUT2D eigenvalue weighted by Crippen LogP contribution is 2.30. The zero-order chi connectivity index (χ0) is 23.7. The molecule has 0 spiro atoms. The second-order valence-electron chi connectivity index (χ2n) is 7.28. The number of rotatable bonds is 8. The van der Waals surface area contributed by atoms with Gasteiger partial charge in [-0.2, -0.15) is 0 Å². The smallest absolute Gasteiger partial charge is 0.361 e. The largest absolute Gasteiger partial charge is 0.416 e. The molecule has 4 aromatic rings. The fraction of sp³-hybridized carbons (Fsp3) is 0.192. The van der Waals surface area contributed by atoms with E-state index >= 15 is 0 Å². The van der Waals surface area contributed by atoms with E-state index in [9.17, 15) is 0 Å². The maximum Gasteiger partial charge on any atom is 0.361 e. The van der Waals surface area contributed by atoms with E-state index in [1.807, 2.05) is 69.2 Å². The lowest BCUT2D eigenvalue weighted by Gasteiger charge is -2.22. The molecule has 4 rings (SSSR count). The summed E-state index contributed by atoms with van der Waals surface area (Å²) >= 11 is 0. The van der Waals surface area contributed by atoms with Crippen molar-refractivity contribution in [2.24, 2.45) is 0 Å². The van der Waals surface area contributed by atoms with Crippen molar-refractivity contribution in [3.05, 3.63) is 78.0 Å². The molecule has 0 aliphatic carbocycles. The van der Waals surface area contributed by atoms with Gasteiger partial charge in [0.25, 0.3) is 0 Å². The quantitative estimate of drug-likeness (QED) is 0.297. The van der Waals surface area contributed by atoms with Crippen LogP contribution in [0.5, 0.6) is 0 Å². The molecule has 7 heteroatoms. The molecule has 170 valence electrons. The van der Waals surface area contributed by atoms with E-state index in [2.05, 4.69) is 46.7 Å². The van der Waals surface area contributed by atoms with Gasteiger partial charge in [0.2, 0.25) is 11.8 Å². The number of aromatic nitrogens is 2. The van der Waals surface area contributed by atoms with Crippen LogP contribution in [0.4, 0.5) is 0 Å². The van der Waals surface area contributed by atoms with Crippen LogP contribution in [0.3, 0.4) is 0 Å². The molecule has 6 nitrogen and oxygen atoms in total. The topological polar surface area (TPSA) is 74.5 Å². The Labute approximate surface area is 195 Å². The standard InChI is InChI=1S/C25H26N2O3Si.CH2O/c1-4-28-31(3,29-5-2)18-17-19-13-15-21(16-14-19)24-26-27-25(30-24)23-12-8-10-20-9-6-7-11-22(20)23;1-2/h6-18H,4-5H2,1-3H3;1H2/b18-17+;. The van der Waals surface area contributed by atoms with Gasteiger partial charge in [0, 0.05) is 24.3 Å². The van der Waals surface area contributed by atoms with Gasteiger partial charge in [0.1, 0.15) is 6.79 Å². The van der Waals surface area contributed by atoms with Gasteiger partial charge in [-0.3, -0.25) is 0 Å². The van der Waals surface area contributed by atoms with E-state index in [0.29, 0.717) is 25.0 Å². The fourth-order valence-corrected chi connectivity index (χ4v) is 5.47. The van der Waals surface area contributed by atoms with Crippen LogP contribution in [-0.4, -0.2) is 38.8 Å². The summed E-state index contributed by atoms with van der Waals surface area (Å²) in [6.45, 7) is 9.32. The fourth-order valence-electron chi connectivity index (χ4n) is 3.56. The lowest BCUT2D eigenvalue weighted by Crippen LogP contribution is -2.36. The van der Waals surface area contributed by atoms with Gasteiger partial charge in [-0.1, -0.05) is 54.6 Å². The minimum atomic E-state index is -2.29.